The number of H-pyrrole nitrogens is 2. The Morgan fingerprint density at radius 1 is 1.12 bits per heavy atom. The number of aryl methyl sites for hydroxylation is 1. The molecule has 0 spiro atoms. The van der Waals surface area contributed by atoms with E-state index in [1.165, 1.54) is 10.9 Å². The van der Waals surface area contributed by atoms with Gasteiger partial charge >= 0.3 is 0 Å². The number of aromatic amines is 2. The van der Waals surface area contributed by atoms with Crippen molar-refractivity contribution in [2.45, 2.75) is 25.3 Å². The standard InChI is InChI=1S/C21H18ClN3O/c22-14-5-7-18-16(11-14)15-2-1-3-19(20(15)24-18)25-21(26)13-4-6-17-12(10-13)8-9-23-17/h4-11,19,23-24H,1-3H2,(H,25,26)/t19-/m0/s1. The van der Waals surface area contributed by atoms with E-state index in [1.54, 1.807) is 0 Å². The normalized spacial score (nSPS) is 16.7. The maximum atomic E-state index is 12.8. The van der Waals surface area contributed by atoms with Crippen molar-refractivity contribution in [3.63, 3.8) is 0 Å². The molecule has 2 heterocycles. The zero-order valence-electron chi connectivity index (χ0n) is 14.1. The zero-order valence-corrected chi connectivity index (χ0v) is 14.9. The summed E-state index contributed by atoms with van der Waals surface area (Å²) in [6.45, 7) is 0. The highest BCUT2D eigenvalue weighted by Crippen LogP contribution is 2.36. The summed E-state index contributed by atoms with van der Waals surface area (Å²) in [6, 6.07) is 13.6. The lowest BCUT2D eigenvalue weighted by Gasteiger charge is -2.24. The van der Waals surface area contributed by atoms with E-state index in [0.29, 0.717) is 5.56 Å². The lowest BCUT2D eigenvalue weighted by molar-refractivity contribution is 0.0932. The maximum Gasteiger partial charge on any atom is 0.251 e. The van der Waals surface area contributed by atoms with Crippen LogP contribution in [0.3, 0.4) is 0 Å². The number of aromatic nitrogens is 2. The molecule has 0 bridgehead atoms. The van der Waals surface area contributed by atoms with Gasteiger partial charge < -0.3 is 15.3 Å². The van der Waals surface area contributed by atoms with Gasteiger partial charge in [0.25, 0.3) is 5.91 Å². The van der Waals surface area contributed by atoms with E-state index in [0.717, 1.165) is 46.4 Å². The number of amides is 1. The maximum absolute atomic E-state index is 12.8. The van der Waals surface area contributed by atoms with Crippen LogP contribution in [0.4, 0.5) is 0 Å². The second-order valence-corrected chi connectivity index (χ2v) is 7.34. The number of fused-ring (bicyclic) bond motifs is 4. The molecule has 1 aliphatic rings. The summed E-state index contributed by atoms with van der Waals surface area (Å²) >= 11 is 6.17. The van der Waals surface area contributed by atoms with Crippen molar-refractivity contribution in [1.29, 1.82) is 0 Å². The SMILES string of the molecule is O=C(N[C@H]1CCCc2c1[nH]c1ccc(Cl)cc21)c1ccc2[nH]ccc2c1. The van der Waals surface area contributed by atoms with Crippen molar-refractivity contribution in [2.24, 2.45) is 0 Å². The van der Waals surface area contributed by atoms with Gasteiger partial charge in [-0.3, -0.25) is 4.79 Å². The molecule has 3 N–H and O–H groups in total. The molecule has 0 saturated carbocycles. The third kappa shape index (κ3) is 2.49. The van der Waals surface area contributed by atoms with E-state index >= 15 is 0 Å². The first kappa shape index (κ1) is 15.5. The Hall–Kier alpha value is -2.72. The van der Waals surface area contributed by atoms with Gasteiger partial charge in [-0.2, -0.15) is 0 Å². The molecule has 2 aromatic heterocycles. The summed E-state index contributed by atoms with van der Waals surface area (Å²) in [5, 5.41) is 6.16. The average Bonchev–Trinajstić information content (AvgIpc) is 3.25. The molecule has 0 aliphatic heterocycles. The smallest absolute Gasteiger partial charge is 0.251 e. The molecule has 0 fully saturated rings. The fourth-order valence-corrected chi connectivity index (χ4v) is 4.19. The van der Waals surface area contributed by atoms with Gasteiger partial charge in [0, 0.05) is 44.3 Å². The molecule has 1 amide bonds. The molecular formula is C21H18ClN3O. The molecule has 0 saturated heterocycles. The number of hydrogen-bond acceptors (Lipinski definition) is 1. The molecule has 130 valence electrons. The Kier molecular flexibility index (Phi) is 3.54. The minimum Gasteiger partial charge on any atom is -0.361 e. The van der Waals surface area contributed by atoms with Crippen LogP contribution < -0.4 is 5.32 Å². The Morgan fingerprint density at radius 2 is 2.00 bits per heavy atom. The predicted molar refractivity (Wildman–Crippen MR) is 105 cm³/mol. The summed E-state index contributed by atoms with van der Waals surface area (Å²) < 4.78 is 0. The van der Waals surface area contributed by atoms with Gasteiger partial charge in [0.15, 0.2) is 0 Å². The second-order valence-electron chi connectivity index (χ2n) is 6.91. The third-order valence-electron chi connectivity index (χ3n) is 5.29. The third-order valence-corrected chi connectivity index (χ3v) is 5.53. The first-order valence-corrected chi connectivity index (χ1v) is 9.25. The molecule has 5 rings (SSSR count). The summed E-state index contributed by atoms with van der Waals surface area (Å²) in [4.78, 5) is 19.5. The number of carbonyl (C=O) groups excluding carboxylic acids is 1. The molecule has 4 aromatic rings. The number of halogens is 1. The number of carbonyl (C=O) groups is 1. The van der Waals surface area contributed by atoms with Crippen molar-refractivity contribution in [3.05, 3.63) is 70.5 Å². The van der Waals surface area contributed by atoms with Crippen LogP contribution in [-0.4, -0.2) is 15.9 Å². The first-order chi connectivity index (χ1) is 12.7. The lowest BCUT2D eigenvalue weighted by Crippen LogP contribution is -2.31. The number of hydrogen-bond donors (Lipinski definition) is 3. The van der Waals surface area contributed by atoms with E-state index < -0.39 is 0 Å². The molecule has 5 heteroatoms. The van der Waals surface area contributed by atoms with Gasteiger partial charge in [0.1, 0.15) is 0 Å². The van der Waals surface area contributed by atoms with Crippen molar-refractivity contribution >= 4 is 39.3 Å². The Balaban J connectivity index is 1.48. The predicted octanol–water partition coefficient (Wildman–Crippen LogP) is 5.11. The van der Waals surface area contributed by atoms with Crippen LogP contribution in [0, 0.1) is 0 Å². The molecule has 1 aliphatic carbocycles. The van der Waals surface area contributed by atoms with Crippen LogP contribution in [0.5, 0.6) is 0 Å². The van der Waals surface area contributed by atoms with Crippen LogP contribution in [0.15, 0.2) is 48.7 Å². The van der Waals surface area contributed by atoms with E-state index in [-0.39, 0.29) is 11.9 Å². The fourth-order valence-electron chi connectivity index (χ4n) is 4.02. The summed E-state index contributed by atoms with van der Waals surface area (Å²) in [6.07, 6.45) is 4.88. The average molecular weight is 364 g/mol. The van der Waals surface area contributed by atoms with Gasteiger partial charge in [-0.25, -0.2) is 0 Å². The van der Waals surface area contributed by atoms with Gasteiger partial charge in [0.05, 0.1) is 6.04 Å². The second kappa shape index (κ2) is 5.92. The van der Waals surface area contributed by atoms with Crippen molar-refractivity contribution in [2.75, 3.05) is 0 Å². The minimum atomic E-state index is -0.0392. The van der Waals surface area contributed by atoms with Crippen LogP contribution in [0.2, 0.25) is 5.02 Å². The molecule has 26 heavy (non-hydrogen) atoms. The lowest BCUT2D eigenvalue weighted by atomic mass is 9.91. The zero-order chi connectivity index (χ0) is 17.7. The molecule has 0 unspecified atom stereocenters. The van der Waals surface area contributed by atoms with E-state index in [4.69, 9.17) is 11.6 Å². The molecule has 2 aromatic carbocycles. The highest BCUT2D eigenvalue weighted by Gasteiger charge is 2.26. The van der Waals surface area contributed by atoms with E-state index in [2.05, 4.69) is 15.3 Å². The minimum absolute atomic E-state index is 0.000604. The number of nitrogens with one attached hydrogen (secondary N) is 3. The fraction of sp³-hybridized carbons (Fsp3) is 0.190. The van der Waals surface area contributed by atoms with Gasteiger partial charge in [0.2, 0.25) is 0 Å². The van der Waals surface area contributed by atoms with Crippen molar-refractivity contribution in [1.82, 2.24) is 15.3 Å². The topological polar surface area (TPSA) is 60.7 Å². The summed E-state index contributed by atoms with van der Waals surface area (Å²) in [5.74, 6) is -0.0392. The largest absolute Gasteiger partial charge is 0.361 e. The van der Waals surface area contributed by atoms with Crippen LogP contribution in [0.1, 0.15) is 40.5 Å². The number of benzene rings is 2. The van der Waals surface area contributed by atoms with Crippen LogP contribution in [-0.2, 0) is 6.42 Å². The molecule has 0 radical (unpaired) electrons. The van der Waals surface area contributed by atoms with Crippen LogP contribution >= 0.6 is 11.6 Å². The highest BCUT2D eigenvalue weighted by molar-refractivity contribution is 6.31. The first-order valence-electron chi connectivity index (χ1n) is 8.87. The van der Waals surface area contributed by atoms with Gasteiger partial charge in [-0.05, 0) is 67.3 Å². The Labute approximate surface area is 155 Å². The highest BCUT2D eigenvalue weighted by atomic mass is 35.5. The molecule has 1 atom stereocenters. The monoisotopic (exact) mass is 363 g/mol. The summed E-state index contributed by atoms with van der Waals surface area (Å²) in [7, 11) is 0. The van der Waals surface area contributed by atoms with Gasteiger partial charge in [-0.15, -0.1) is 0 Å². The van der Waals surface area contributed by atoms with Gasteiger partial charge in [-0.1, -0.05) is 11.6 Å². The van der Waals surface area contributed by atoms with E-state index in [1.807, 2.05) is 48.7 Å². The van der Waals surface area contributed by atoms with Crippen molar-refractivity contribution in [3.8, 4) is 0 Å². The summed E-state index contributed by atoms with van der Waals surface area (Å²) in [5.41, 5.74) is 5.19. The van der Waals surface area contributed by atoms with E-state index in [9.17, 15) is 4.79 Å². The Bertz CT molecular complexity index is 1140. The number of rotatable bonds is 2. The molecular weight excluding hydrogens is 346 g/mol. The Morgan fingerprint density at radius 3 is 2.92 bits per heavy atom. The quantitative estimate of drug-likeness (QED) is 0.455. The molecule has 4 nitrogen and oxygen atoms in total. The van der Waals surface area contributed by atoms with Crippen LogP contribution in [0.25, 0.3) is 21.8 Å². The van der Waals surface area contributed by atoms with Crippen molar-refractivity contribution < 1.29 is 4.79 Å².